The monoisotopic (exact) mass is 429 g/mol. The van der Waals surface area contributed by atoms with Gasteiger partial charge in [-0.05, 0) is 37.8 Å². The molecular weight excluding hydrogens is 411 g/mol. The van der Waals surface area contributed by atoms with Crippen molar-refractivity contribution in [3.63, 3.8) is 0 Å². The lowest BCUT2D eigenvalue weighted by Crippen LogP contribution is -2.33. The largest absolute Gasteiger partial charge is 0.522 e. The standard InChI is InChI=1S/C20H18F3N7O/c21-20(22,23)31-14-3-1-13(2-4-14)28-19-27-11-17-15(5-8-30(17)29-19)12-9-16-18(26-10-12)25-7-6-24-16/h5-11,13-14H,1-4H2,(H,28,29). The number of alkyl halides is 3. The Labute approximate surface area is 174 Å². The normalized spacial score (nSPS) is 19.7. The summed E-state index contributed by atoms with van der Waals surface area (Å²) in [7, 11) is 0. The predicted molar refractivity (Wildman–Crippen MR) is 106 cm³/mol. The fourth-order valence-electron chi connectivity index (χ4n) is 3.91. The molecule has 0 spiro atoms. The third-order valence-electron chi connectivity index (χ3n) is 5.36. The van der Waals surface area contributed by atoms with E-state index < -0.39 is 12.5 Å². The molecule has 0 bridgehead atoms. The minimum absolute atomic E-state index is 0.00354. The van der Waals surface area contributed by atoms with Gasteiger partial charge >= 0.3 is 6.36 Å². The number of nitrogens with zero attached hydrogens (tertiary/aromatic N) is 6. The number of aromatic nitrogens is 6. The van der Waals surface area contributed by atoms with Gasteiger partial charge in [0, 0.05) is 42.0 Å². The summed E-state index contributed by atoms with van der Waals surface area (Å²) in [4.78, 5) is 17.2. The van der Waals surface area contributed by atoms with Crippen LogP contribution in [-0.4, -0.2) is 48.1 Å². The molecule has 0 amide bonds. The van der Waals surface area contributed by atoms with Gasteiger partial charge in [0.1, 0.15) is 5.52 Å². The maximum Gasteiger partial charge on any atom is 0.522 e. The maximum absolute atomic E-state index is 12.4. The van der Waals surface area contributed by atoms with Crippen molar-refractivity contribution in [1.82, 2.24) is 29.5 Å². The predicted octanol–water partition coefficient (Wildman–Crippen LogP) is 3.99. The van der Waals surface area contributed by atoms with E-state index in [4.69, 9.17) is 0 Å². The molecule has 160 valence electrons. The van der Waals surface area contributed by atoms with Gasteiger partial charge in [-0.1, -0.05) is 0 Å². The highest BCUT2D eigenvalue weighted by atomic mass is 19.4. The number of nitrogens with one attached hydrogen (secondary N) is 1. The van der Waals surface area contributed by atoms with Crippen molar-refractivity contribution >= 4 is 22.6 Å². The SMILES string of the molecule is FC(F)(F)OC1CCC(Nc2ncc3c(-c4cnc5nccnc5c4)ccn3n2)CC1. The van der Waals surface area contributed by atoms with Crippen molar-refractivity contribution in [2.24, 2.45) is 0 Å². The minimum Gasteiger partial charge on any atom is -0.350 e. The summed E-state index contributed by atoms with van der Waals surface area (Å²) in [6.07, 6.45) is 4.92. The van der Waals surface area contributed by atoms with Crippen LogP contribution in [0.1, 0.15) is 25.7 Å². The van der Waals surface area contributed by atoms with Crippen LogP contribution in [0.25, 0.3) is 27.8 Å². The van der Waals surface area contributed by atoms with Gasteiger partial charge in [-0.3, -0.25) is 9.72 Å². The second kappa shape index (κ2) is 7.73. The summed E-state index contributed by atoms with van der Waals surface area (Å²) in [5.41, 5.74) is 3.87. The first-order valence-electron chi connectivity index (χ1n) is 9.87. The fourth-order valence-corrected chi connectivity index (χ4v) is 3.91. The number of rotatable bonds is 4. The van der Waals surface area contributed by atoms with E-state index in [2.05, 4.69) is 35.1 Å². The van der Waals surface area contributed by atoms with E-state index in [1.165, 1.54) is 0 Å². The highest BCUT2D eigenvalue weighted by Gasteiger charge is 2.35. The summed E-state index contributed by atoms with van der Waals surface area (Å²) >= 11 is 0. The van der Waals surface area contributed by atoms with Crippen LogP contribution in [0.5, 0.6) is 0 Å². The van der Waals surface area contributed by atoms with Gasteiger partial charge < -0.3 is 5.32 Å². The van der Waals surface area contributed by atoms with Gasteiger partial charge in [0.2, 0.25) is 5.95 Å². The van der Waals surface area contributed by atoms with E-state index in [1.54, 1.807) is 29.3 Å². The van der Waals surface area contributed by atoms with Gasteiger partial charge in [-0.15, -0.1) is 18.3 Å². The number of fused-ring (bicyclic) bond motifs is 2. The third-order valence-corrected chi connectivity index (χ3v) is 5.36. The number of pyridine rings is 1. The van der Waals surface area contributed by atoms with Crippen LogP contribution in [0.4, 0.5) is 19.1 Å². The van der Waals surface area contributed by atoms with Crippen molar-refractivity contribution in [1.29, 1.82) is 0 Å². The molecule has 4 heterocycles. The highest BCUT2D eigenvalue weighted by Crippen LogP contribution is 2.30. The molecule has 0 aliphatic heterocycles. The molecule has 0 saturated heterocycles. The molecule has 5 rings (SSSR count). The topological polar surface area (TPSA) is 90.1 Å². The van der Waals surface area contributed by atoms with Crippen LogP contribution in [0.3, 0.4) is 0 Å². The smallest absolute Gasteiger partial charge is 0.350 e. The van der Waals surface area contributed by atoms with E-state index in [0.29, 0.717) is 42.8 Å². The van der Waals surface area contributed by atoms with Crippen LogP contribution < -0.4 is 5.32 Å². The first kappa shape index (κ1) is 19.6. The molecule has 1 aliphatic carbocycles. The van der Waals surface area contributed by atoms with Crippen LogP contribution in [0.15, 0.2) is 43.1 Å². The van der Waals surface area contributed by atoms with Crippen molar-refractivity contribution in [2.75, 3.05) is 5.32 Å². The van der Waals surface area contributed by atoms with Crippen LogP contribution in [0.2, 0.25) is 0 Å². The second-order valence-electron chi connectivity index (χ2n) is 7.45. The Morgan fingerprint density at radius 1 is 1.00 bits per heavy atom. The Balaban J connectivity index is 1.30. The van der Waals surface area contributed by atoms with Crippen LogP contribution in [-0.2, 0) is 4.74 Å². The number of ether oxygens (including phenoxy) is 1. The Morgan fingerprint density at radius 3 is 2.61 bits per heavy atom. The molecule has 0 aromatic carbocycles. The van der Waals surface area contributed by atoms with Gasteiger partial charge in [-0.2, -0.15) is 0 Å². The van der Waals surface area contributed by atoms with Gasteiger partial charge in [0.15, 0.2) is 5.65 Å². The zero-order valence-electron chi connectivity index (χ0n) is 16.3. The molecule has 0 atom stereocenters. The Bertz CT molecular complexity index is 1220. The average molecular weight is 429 g/mol. The average Bonchev–Trinajstić information content (AvgIpc) is 3.17. The third kappa shape index (κ3) is 4.26. The zero-order chi connectivity index (χ0) is 21.4. The van der Waals surface area contributed by atoms with Crippen molar-refractivity contribution in [2.45, 2.75) is 44.2 Å². The van der Waals surface area contributed by atoms with Crippen molar-refractivity contribution in [3.8, 4) is 11.1 Å². The molecular formula is C20H18F3N7O. The van der Waals surface area contributed by atoms with E-state index >= 15 is 0 Å². The van der Waals surface area contributed by atoms with E-state index in [0.717, 1.165) is 16.6 Å². The van der Waals surface area contributed by atoms with Crippen LogP contribution >= 0.6 is 0 Å². The molecule has 31 heavy (non-hydrogen) atoms. The minimum atomic E-state index is -4.58. The lowest BCUT2D eigenvalue weighted by Gasteiger charge is -2.29. The molecule has 8 nitrogen and oxygen atoms in total. The number of halogens is 3. The Kier molecular flexibility index (Phi) is 4.89. The first-order chi connectivity index (χ1) is 14.9. The van der Waals surface area contributed by atoms with E-state index in [9.17, 15) is 13.2 Å². The quantitative estimate of drug-likeness (QED) is 0.525. The summed E-state index contributed by atoms with van der Waals surface area (Å²) in [5, 5.41) is 7.71. The molecule has 4 aromatic rings. The van der Waals surface area contributed by atoms with E-state index in [-0.39, 0.29) is 6.04 Å². The van der Waals surface area contributed by atoms with Crippen molar-refractivity contribution < 1.29 is 17.9 Å². The van der Waals surface area contributed by atoms with Crippen LogP contribution in [0, 0.1) is 0 Å². The summed E-state index contributed by atoms with van der Waals surface area (Å²) < 4.78 is 42.9. The summed E-state index contributed by atoms with van der Waals surface area (Å²) in [5.74, 6) is 0.428. The number of hydrogen-bond acceptors (Lipinski definition) is 7. The number of hydrogen-bond donors (Lipinski definition) is 1. The van der Waals surface area contributed by atoms with Gasteiger partial charge in [-0.25, -0.2) is 19.5 Å². The Morgan fingerprint density at radius 2 is 1.81 bits per heavy atom. The lowest BCUT2D eigenvalue weighted by molar-refractivity contribution is -0.345. The molecule has 1 saturated carbocycles. The Hall–Kier alpha value is -3.34. The van der Waals surface area contributed by atoms with Gasteiger partial charge in [0.05, 0.1) is 17.8 Å². The zero-order valence-corrected chi connectivity index (χ0v) is 16.3. The first-order valence-corrected chi connectivity index (χ1v) is 9.87. The lowest BCUT2D eigenvalue weighted by atomic mass is 9.93. The molecule has 0 unspecified atom stereocenters. The molecule has 11 heteroatoms. The second-order valence-corrected chi connectivity index (χ2v) is 7.45. The maximum atomic E-state index is 12.4. The number of anilines is 1. The van der Waals surface area contributed by atoms with Crippen molar-refractivity contribution in [3.05, 3.63) is 43.1 Å². The molecule has 0 radical (unpaired) electrons. The molecule has 1 fully saturated rings. The molecule has 1 aliphatic rings. The fraction of sp³-hybridized carbons (Fsp3) is 0.350. The summed E-state index contributed by atoms with van der Waals surface area (Å²) in [6.45, 7) is 0. The highest BCUT2D eigenvalue weighted by molar-refractivity contribution is 5.84. The van der Waals surface area contributed by atoms with Gasteiger partial charge in [0.25, 0.3) is 0 Å². The summed E-state index contributed by atoms with van der Waals surface area (Å²) in [6, 6.07) is 3.84. The van der Waals surface area contributed by atoms with E-state index in [1.807, 2.05) is 18.3 Å². The molecule has 4 aromatic heterocycles. The molecule has 1 N–H and O–H groups in total.